The first-order chi connectivity index (χ1) is 6.58. The van der Waals surface area contributed by atoms with Gasteiger partial charge in [0.15, 0.2) is 0 Å². The lowest BCUT2D eigenvalue weighted by atomic mass is 9.82. The third kappa shape index (κ3) is 4.45. The highest BCUT2D eigenvalue weighted by atomic mass is 16.5. The van der Waals surface area contributed by atoms with Crippen LogP contribution in [-0.4, -0.2) is 12.2 Å². The molecule has 0 bridgehead atoms. The van der Waals surface area contributed by atoms with Gasteiger partial charge in [-0.1, -0.05) is 13.8 Å². The molecule has 0 heterocycles. The van der Waals surface area contributed by atoms with Crippen molar-refractivity contribution in [2.24, 2.45) is 11.8 Å². The first-order valence-electron chi connectivity index (χ1n) is 6.23. The van der Waals surface area contributed by atoms with Gasteiger partial charge in [-0.2, -0.15) is 0 Å². The van der Waals surface area contributed by atoms with Gasteiger partial charge in [0.1, 0.15) is 0 Å². The second kappa shape index (κ2) is 5.75. The molecule has 0 aliphatic heterocycles. The van der Waals surface area contributed by atoms with Crippen LogP contribution in [0.5, 0.6) is 0 Å². The zero-order chi connectivity index (χ0) is 10.6. The maximum Gasteiger partial charge on any atom is 0.0578 e. The van der Waals surface area contributed by atoms with Crippen molar-refractivity contribution in [2.75, 3.05) is 0 Å². The third-order valence-electron chi connectivity index (χ3n) is 3.06. The van der Waals surface area contributed by atoms with Gasteiger partial charge in [-0.25, -0.2) is 0 Å². The molecule has 0 unspecified atom stereocenters. The fourth-order valence-electron chi connectivity index (χ4n) is 2.56. The molecule has 1 aliphatic carbocycles. The van der Waals surface area contributed by atoms with Crippen molar-refractivity contribution >= 4 is 0 Å². The molecule has 14 heavy (non-hydrogen) atoms. The Balaban J connectivity index is 2.17. The van der Waals surface area contributed by atoms with E-state index in [4.69, 9.17) is 4.74 Å². The summed E-state index contributed by atoms with van der Waals surface area (Å²) in [7, 11) is 0. The van der Waals surface area contributed by atoms with Gasteiger partial charge in [-0.3, -0.25) is 0 Å². The van der Waals surface area contributed by atoms with Crippen LogP contribution >= 0.6 is 0 Å². The van der Waals surface area contributed by atoms with Crippen LogP contribution in [0.3, 0.4) is 0 Å². The summed E-state index contributed by atoms with van der Waals surface area (Å²) in [5, 5.41) is 0. The molecule has 1 heteroatoms. The van der Waals surface area contributed by atoms with Gasteiger partial charge in [0.05, 0.1) is 12.2 Å². The van der Waals surface area contributed by atoms with E-state index in [-0.39, 0.29) is 0 Å². The van der Waals surface area contributed by atoms with Crippen LogP contribution in [0.1, 0.15) is 59.8 Å². The Labute approximate surface area is 89.2 Å². The van der Waals surface area contributed by atoms with Crippen LogP contribution in [-0.2, 0) is 4.74 Å². The summed E-state index contributed by atoms with van der Waals surface area (Å²) < 4.78 is 5.84. The zero-order valence-corrected chi connectivity index (χ0v) is 10.3. The molecular formula is C13H26O. The van der Waals surface area contributed by atoms with Gasteiger partial charge in [-0.15, -0.1) is 0 Å². The fraction of sp³-hybridized carbons (Fsp3) is 1.00. The van der Waals surface area contributed by atoms with Gasteiger partial charge in [-0.05, 0) is 57.8 Å². The van der Waals surface area contributed by atoms with Gasteiger partial charge >= 0.3 is 0 Å². The van der Waals surface area contributed by atoms with Crippen molar-refractivity contribution in [1.82, 2.24) is 0 Å². The molecule has 84 valence electrons. The Hall–Kier alpha value is -0.0400. The summed E-state index contributed by atoms with van der Waals surface area (Å²) in [6.07, 6.45) is 7.71. The van der Waals surface area contributed by atoms with Crippen molar-refractivity contribution < 1.29 is 4.74 Å². The van der Waals surface area contributed by atoms with E-state index in [2.05, 4.69) is 27.7 Å². The summed E-state index contributed by atoms with van der Waals surface area (Å²) in [4.78, 5) is 0. The minimum atomic E-state index is 0.404. The van der Waals surface area contributed by atoms with Gasteiger partial charge in [0, 0.05) is 0 Å². The summed E-state index contributed by atoms with van der Waals surface area (Å²) in [6, 6.07) is 0. The second-order valence-corrected chi connectivity index (χ2v) is 5.46. The average Bonchev–Trinajstić information content (AvgIpc) is 2.06. The van der Waals surface area contributed by atoms with Crippen molar-refractivity contribution in [1.29, 1.82) is 0 Å². The molecule has 0 saturated heterocycles. The largest absolute Gasteiger partial charge is 0.376 e. The molecule has 1 aliphatic rings. The molecular weight excluding hydrogens is 172 g/mol. The lowest BCUT2D eigenvalue weighted by molar-refractivity contribution is -0.0210. The van der Waals surface area contributed by atoms with E-state index in [1.165, 1.54) is 32.1 Å². The normalized spacial score (nSPS) is 28.7. The first kappa shape index (κ1) is 12.0. The number of hydrogen-bond acceptors (Lipinski definition) is 1. The van der Waals surface area contributed by atoms with E-state index in [1.807, 2.05) is 0 Å². The van der Waals surface area contributed by atoms with E-state index in [0.29, 0.717) is 12.2 Å². The minimum Gasteiger partial charge on any atom is -0.376 e. The van der Waals surface area contributed by atoms with Crippen LogP contribution in [0.25, 0.3) is 0 Å². The molecule has 1 rings (SSSR count). The van der Waals surface area contributed by atoms with Gasteiger partial charge in [0.25, 0.3) is 0 Å². The molecule has 0 aromatic heterocycles. The predicted octanol–water partition coefficient (Wildman–Crippen LogP) is 4.02. The third-order valence-corrected chi connectivity index (χ3v) is 3.06. The quantitative estimate of drug-likeness (QED) is 0.663. The van der Waals surface area contributed by atoms with E-state index < -0.39 is 0 Å². The highest BCUT2D eigenvalue weighted by Gasteiger charge is 2.22. The first-order valence-corrected chi connectivity index (χ1v) is 6.23. The smallest absolute Gasteiger partial charge is 0.0578 e. The molecule has 1 nitrogen and oxygen atoms in total. The van der Waals surface area contributed by atoms with Crippen molar-refractivity contribution in [3.8, 4) is 0 Å². The second-order valence-electron chi connectivity index (χ2n) is 5.46. The molecule has 0 atom stereocenters. The van der Waals surface area contributed by atoms with Crippen LogP contribution < -0.4 is 0 Å². The topological polar surface area (TPSA) is 9.23 Å². The van der Waals surface area contributed by atoms with Crippen LogP contribution in [0.4, 0.5) is 0 Å². The van der Waals surface area contributed by atoms with E-state index in [0.717, 1.165) is 11.8 Å². The molecule has 0 amide bonds. The molecule has 0 aromatic carbocycles. The predicted molar refractivity (Wildman–Crippen MR) is 61.4 cm³/mol. The SMILES string of the molecule is CC(C)CC1CCC(OC(C)C)CC1. The summed E-state index contributed by atoms with van der Waals surface area (Å²) in [6.45, 7) is 8.94. The van der Waals surface area contributed by atoms with Crippen molar-refractivity contribution in [3.63, 3.8) is 0 Å². The van der Waals surface area contributed by atoms with Gasteiger partial charge < -0.3 is 4.74 Å². The number of rotatable bonds is 4. The average molecular weight is 198 g/mol. The maximum atomic E-state index is 5.84. The zero-order valence-electron chi connectivity index (χ0n) is 10.3. The van der Waals surface area contributed by atoms with Crippen molar-refractivity contribution in [3.05, 3.63) is 0 Å². The number of ether oxygens (including phenoxy) is 1. The van der Waals surface area contributed by atoms with E-state index in [9.17, 15) is 0 Å². The Morgan fingerprint density at radius 2 is 1.57 bits per heavy atom. The van der Waals surface area contributed by atoms with Crippen LogP contribution in [0.2, 0.25) is 0 Å². The molecule has 1 saturated carbocycles. The molecule has 0 spiro atoms. The summed E-state index contributed by atoms with van der Waals surface area (Å²) >= 11 is 0. The lowest BCUT2D eigenvalue weighted by Crippen LogP contribution is -2.24. The Kier molecular flexibility index (Phi) is 4.94. The molecule has 0 N–H and O–H groups in total. The Morgan fingerprint density at radius 1 is 1.00 bits per heavy atom. The van der Waals surface area contributed by atoms with E-state index >= 15 is 0 Å². The molecule has 0 aromatic rings. The highest BCUT2D eigenvalue weighted by molar-refractivity contribution is 4.74. The highest BCUT2D eigenvalue weighted by Crippen LogP contribution is 2.30. The lowest BCUT2D eigenvalue weighted by Gasteiger charge is -2.30. The monoisotopic (exact) mass is 198 g/mol. The summed E-state index contributed by atoms with van der Waals surface area (Å²) in [5.41, 5.74) is 0. The van der Waals surface area contributed by atoms with Crippen molar-refractivity contribution in [2.45, 2.75) is 72.0 Å². The maximum absolute atomic E-state index is 5.84. The molecule has 0 radical (unpaired) electrons. The fourth-order valence-corrected chi connectivity index (χ4v) is 2.56. The molecule has 1 fully saturated rings. The van der Waals surface area contributed by atoms with E-state index in [1.54, 1.807) is 0 Å². The van der Waals surface area contributed by atoms with Crippen LogP contribution in [0, 0.1) is 11.8 Å². The summed E-state index contributed by atoms with van der Waals surface area (Å²) in [5.74, 6) is 1.84. The Bertz CT molecular complexity index is 125. The number of hydrogen-bond donors (Lipinski definition) is 0. The standard InChI is InChI=1S/C13H26O/c1-10(2)9-12-5-7-13(8-6-12)14-11(3)4/h10-13H,5-9H2,1-4H3. The Morgan fingerprint density at radius 3 is 2.00 bits per heavy atom. The van der Waals surface area contributed by atoms with Gasteiger partial charge in [0.2, 0.25) is 0 Å². The minimum absolute atomic E-state index is 0.404. The van der Waals surface area contributed by atoms with Crippen LogP contribution in [0.15, 0.2) is 0 Å².